The van der Waals surface area contributed by atoms with E-state index >= 15 is 0 Å². The summed E-state index contributed by atoms with van der Waals surface area (Å²) in [6.07, 6.45) is 4.07. The number of hydrogen-bond acceptors (Lipinski definition) is 6. The molecule has 0 N–H and O–H groups in total. The highest BCUT2D eigenvalue weighted by Gasteiger charge is 2.25. The lowest BCUT2D eigenvalue weighted by Gasteiger charge is -2.32. The number of benzene rings is 2. The molecule has 7 heteroatoms. The van der Waals surface area contributed by atoms with E-state index in [1.54, 1.807) is 14.2 Å². The number of piperidine rings is 1. The Bertz CT molecular complexity index is 1010. The highest BCUT2D eigenvalue weighted by Crippen LogP contribution is 2.41. The van der Waals surface area contributed by atoms with Crippen molar-refractivity contribution in [2.75, 3.05) is 47.6 Å². The van der Waals surface area contributed by atoms with Gasteiger partial charge in [-0.1, -0.05) is 19.4 Å². The fourth-order valence-corrected chi connectivity index (χ4v) is 4.75. The molecule has 0 saturated carbocycles. The molecule has 0 radical (unpaired) electrons. The molecule has 34 heavy (non-hydrogen) atoms. The van der Waals surface area contributed by atoms with Crippen molar-refractivity contribution in [1.82, 2.24) is 9.80 Å². The highest BCUT2D eigenvalue weighted by atomic mass is 16.5. The molecule has 1 atom stereocenters. The SMILES string of the molecule is CCC(=O)N1CCOc2c(cc(-c3ccc(OC)c(OC)c3)cc2OC[C@H]2CCCCN2C)C1. The van der Waals surface area contributed by atoms with Crippen LogP contribution in [0, 0.1) is 0 Å². The molecule has 2 aliphatic rings. The van der Waals surface area contributed by atoms with Gasteiger partial charge in [0.05, 0.1) is 20.8 Å². The van der Waals surface area contributed by atoms with Crippen LogP contribution in [0.25, 0.3) is 11.1 Å². The first kappa shape index (κ1) is 24.2. The van der Waals surface area contributed by atoms with Crippen molar-refractivity contribution in [3.63, 3.8) is 0 Å². The smallest absolute Gasteiger partial charge is 0.222 e. The third kappa shape index (κ3) is 5.25. The zero-order valence-electron chi connectivity index (χ0n) is 20.8. The van der Waals surface area contributed by atoms with E-state index in [4.69, 9.17) is 18.9 Å². The topological polar surface area (TPSA) is 60.5 Å². The van der Waals surface area contributed by atoms with Crippen LogP contribution in [0.1, 0.15) is 38.2 Å². The summed E-state index contributed by atoms with van der Waals surface area (Å²) in [5, 5.41) is 0. The minimum absolute atomic E-state index is 0.124. The summed E-state index contributed by atoms with van der Waals surface area (Å²) >= 11 is 0. The lowest BCUT2D eigenvalue weighted by Crippen LogP contribution is -2.40. The Labute approximate surface area is 202 Å². The van der Waals surface area contributed by atoms with Gasteiger partial charge in [-0.25, -0.2) is 0 Å². The number of rotatable bonds is 7. The second-order valence-corrected chi connectivity index (χ2v) is 8.99. The minimum atomic E-state index is 0.124. The molecule has 0 aliphatic carbocycles. The molecule has 2 heterocycles. The van der Waals surface area contributed by atoms with Crippen LogP contribution in [0.2, 0.25) is 0 Å². The summed E-state index contributed by atoms with van der Waals surface area (Å²) in [5.41, 5.74) is 2.93. The summed E-state index contributed by atoms with van der Waals surface area (Å²) in [7, 11) is 5.43. The highest BCUT2D eigenvalue weighted by molar-refractivity contribution is 5.77. The van der Waals surface area contributed by atoms with E-state index in [0.717, 1.165) is 41.2 Å². The molecule has 1 amide bonds. The molecule has 0 aromatic heterocycles. The van der Waals surface area contributed by atoms with Crippen molar-refractivity contribution in [2.24, 2.45) is 0 Å². The molecule has 0 bridgehead atoms. The number of fused-ring (bicyclic) bond motifs is 1. The van der Waals surface area contributed by atoms with Crippen molar-refractivity contribution in [1.29, 1.82) is 0 Å². The van der Waals surface area contributed by atoms with Crippen LogP contribution >= 0.6 is 0 Å². The second-order valence-electron chi connectivity index (χ2n) is 8.99. The van der Waals surface area contributed by atoms with Crippen LogP contribution < -0.4 is 18.9 Å². The van der Waals surface area contributed by atoms with Gasteiger partial charge in [0.1, 0.15) is 13.2 Å². The molecule has 4 rings (SSSR count). The van der Waals surface area contributed by atoms with Crippen LogP contribution in [-0.4, -0.2) is 69.3 Å². The summed E-state index contributed by atoms with van der Waals surface area (Å²) in [4.78, 5) is 16.7. The van der Waals surface area contributed by atoms with Crippen LogP contribution in [0.4, 0.5) is 0 Å². The normalized spacial score (nSPS) is 18.5. The quantitative estimate of drug-likeness (QED) is 0.602. The van der Waals surface area contributed by atoms with E-state index in [-0.39, 0.29) is 5.91 Å². The summed E-state index contributed by atoms with van der Waals surface area (Å²) < 4.78 is 23.5. The lowest BCUT2D eigenvalue weighted by atomic mass is 10.0. The second kappa shape index (κ2) is 11.0. The Morgan fingerprint density at radius 1 is 1.03 bits per heavy atom. The van der Waals surface area contributed by atoms with Crippen molar-refractivity contribution in [2.45, 2.75) is 45.2 Å². The van der Waals surface area contributed by atoms with Gasteiger partial charge in [0.25, 0.3) is 0 Å². The Morgan fingerprint density at radius 3 is 2.56 bits per heavy atom. The van der Waals surface area contributed by atoms with Crippen LogP contribution in [0.15, 0.2) is 30.3 Å². The first-order valence-corrected chi connectivity index (χ1v) is 12.2. The van der Waals surface area contributed by atoms with Gasteiger partial charge < -0.3 is 28.7 Å². The maximum Gasteiger partial charge on any atom is 0.222 e. The van der Waals surface area contributed by atoms with Gasteiger partial charge in [-0.3, -0.25) is 4.79 Å². The van der Waals surface area contributed by atoms with Gasteiger partial charge in [-0.15, -0.1) is 0 Å². The first-order valence-electron chi connectivity index (χ1n) is 12.2. The number of carbonyl (C=O) groups excluding carboxylic acids is 1. The third-order valence-electron chi connectivity index (χ3n) is 6.83. The van der Waals surface area contributed by atoms with E-state index in [2.05, 4.69) is 18.0 Å². The van der Waals surface area contributed by atoms with Crippen LogP contribution in [0.5, 0.6) is 23.0 Å². The molecule has 1 fully saturated rings. The fourth-order valence-electron chi connectivity index (χ4n) is 4.75. The van der Waals surface area contributed by atoms with Gasteiger partial charge >= 0.3 is 0 Å². The minimum Gasteiger partial charge on any atom is -0.493 e. The molecule has 7 nitrogen and oxygen atoms in total. The van der Waals surface area contributed by atoms with E-state index in [1.807, 2.05) is 36.1 Å². The lowest BCUT2D eigenvalue weighted by molar-refractivity contribution is -0.131. The average Bonchev–Trinajstić information content (AvgIpc) is 3.09. The van der Waals surface area contributed by atoms with Crippen molar-refractivity contribution >= 4 is 5.91 Å². The Balaban J connectivity index is 1.71. The molecule has 2 aliphatic heterocycles. The van der Waals surface area contributed by atoms with E-state index < -0.39 is 0 Å². The van der Waals surface area contributed by atoms with Crippen molar-refractivity contribution in [3.05, 3.63) is 35.9 Å². The van der Waals surface area contributed by atoms with Gasteiger partial charge in [0.15, 0.2) is 23.0 Å². The van der Waals surface area contributed by atoms with Crippen LogP contribution in [0.3, 0.4) is 0 Å². The molecule has 184 valence electrons. The molecule has 2 aromatic carbocycles. The van der Waals surface area contributed by atoms with Gasteiger partial charge in [-0.2, -0.15) is 0 Å². The molecular formula is C27H36N2O5. The van der Waals surface area contributed by atoms with Crippen molar-refractivity contribution in [3.8, 4) is 34.1 Å². The van der Waals surface area contributed by atoms with Crippen molar-refractivity contribution < 1.29 is 23.7 Å². The fraction of sp³-hybridized carbons (Fsp3) is 0.519. The van der Waals surface area contributed by atoms with E-state index in [9.17, 15) is 4.79 Å². The Kier molecular flexibility index (Phi) is 7.83. The van der Waals surface area contributed by atoms with E-state index in [1.165, 1.54) is 12.8 Å². The number of nitrogens with zero attached hydrogens (tertiary/aromatic N) is 2. The number of likely N-dealkylation sites (N-methyl/N-ethyl adjacent to an activating group) is 1. The number of likely N-dealkylation sites (tertiary alicyclic amines) is 1. The number of hydrogen-bond donors (Lipinski definition) is 0. The summed E-state index contributed by atoms with van der Waals surface area (Å²) in [6.45, 7) is 5.13. The average molecular weight is 469 g/mol. The number of carbonyl (C=O) groups is 1. The molecular weight excluding hydrogens is 432 g/mol. The predicted octanol–water partition coefficient (Wildman–Crippen LogP) is 4.36. The van der Waals surface area contributed by atoms with E-state index in [0.29, 0.717) is 50.3 Å². The zero-order valence-corrected chi connectivity index (χ0v) is 20.8. The molecule has 2 aromatic rings. The maximum absolute atomic E-state index is 12.5. The monoisotopic (exact) mass is 468 g/mol. The number of amides is 1. The largest absolute Gasteiger partial charge is 0.493 e. The number of methoxy groups -OCH3 is 2. The summed E-state index contributed by atoms with van der Waals surface area (Å²) in [6, 6.07) is 10.4. The maximum atomic E-state index is 12.5. The standard InChI is InChI=1S/C27H36N2O5/c1-5-26(30)29-12-13-33-27-21(17-29)14-20(19-9-10-23(31-3)24(15-19)32-4)16-25(27)34-18-22-8-6-7-11-28(22)2/h9-10,14-16,22H,5-8,11-13,17-18H2,1-4H3/t22-/m1/s1. The van der Waals surface area contributed by atoms with Gasteiger partial charge in [0, 0.05) is 24.6 Å². The molecule has 0 unspecified atom stereocenters. The Morgan fingerprint density at radius 2 is 1.82 bits per heavy atom. The Hall–Kier alpha value is -2.93. The summed E-state index contributed by atoms with van der Waals surface area (Å²) in [5.74, 6) is 2.95. The zero-order chi connectivity index (χ0) is 24.1. The van der Waals surface area contributed by atoms with Gasteiger partial charge in [0.2, 0.25) is 5.91 Å². The molecule has 1 saturated heterocycles. The first-order chi connectivity index (χ1) is 16.5. The third-order valence-corrected chi connectivity index (χ3v) is 6.83. The predicted molar refractivity (Wildman–Crippen MR) is 132 cm³/mol. The molecule has 0 spiro atoms. The number of ether oxygens (including phenoxy) is 4. The van der Waals surface area contributed by atoms with Gasteiger partial charge in [-0.05, 0) is 61.8 Å². The van der Waals surface area contributed by atoms with Crippen LogP contribution in [-0.2, 0) is 11.3 Å².